The van der Waals surface area contributed by atoms with Gasteiger partial charge in [-0.15, -0.1) is 0 Å². The lowest BCUT2D eigenvalue weighted by molar-refractivity contribution is 0.545. The van der Waals surface area contributed by atoms with Crippen LogP contribution in [0.5, 0.6) is 0 Å². The van der Waals surface area contributed by atoms with Crippen molar-refractivity contribution in [3.05, 3.63) is 29.8 Å². The Morgan fingerprint density at radius 2 is 1.62 bits per heavy atom. The predicted molar refractivity (Wildman–Crippen MR) is 67.8 cm³/mol. The summed E-state index contributed by atoms with van der Waals surface area (Å²) in [7, 11) is -3.07. The van der Waals surface area contributed by atoms with E-state index in [1.165, 1.54) is 0 Å². The number of nitrogens with two attached hydrogens (primary N) is 1. The molecular weight excluding hydrogens is 222 g/mol. The molecule has 16 heavy (non-hydrogen) atoms. The average molecular weight is 241 g/mol. The molecule has 2 N–H and O–H groups in total. The van der Waals surface area contributed by atoms with Crippen LogP contribution >= 0.6 is 0 Å². The molecule has 1 atom stereocenters. The number of rotatable bonds is 4. The fourth-order valence-electron chi connectivity index (χ4n) is 1.39. The van der Waals surface area contributed by atoms with Crippen molar-refractivity contribution < 1.29 is 8.42 Å². The van der Waals surface area contributed by atoms with E-state index in [0.717, 1.165) is 5.56 Å². The van der Waals surface area contributed by atoms with Gasteiger partial charge in [0.1, 0.15) is 0 Å². The minimum Gasteiger partial charge on any atom is -0.399 e. The van der Waals surface area contributed by atoms with Crippen LogP contribution in [-0.2, 0) is 15.6 Å². The van der Waals surface area contributed by atoms with Crippen molar-refractivity contribution >= 4 is 15.5 Å². The highest BCUT2D eigenvalue weighted by Crippen LogP contribution is 2.17. The molecule has 1 rings (SSSR count). The van der Waals surface area contributed by atoms with Gasteiger partial charge in [-0.05, 0) is 30.5 Å². The maximum absolute atomic E-state index is 12.0. The smallest absolute Gasteiger partial charge is 0.157 e. The summed E-state index contributed by atoms with van der Waals surface area (Å²) < 4.78 is 24.0. The zero-order valence-electron chi connectivity index (χ0n) is 9.97. The molecule has 0 aromatic heterocycles. The van der Waals surface area contributed by atoms with E-state index in [1.807, 2.05) is 13.8 Å². The lowest BCUT2D eigenvalue weighted by Crippen LogP contribution is -2.24. The van der Waals surface area contributed by atoms with E-state index in [1.54, 1.807) is 31.2 Å². The largest absolute Gasteiger partial charge is 0.399 e. The van der Waals surface area contributed by atoms with Crippen molar-refractivity contribution in [3.8, 4) is 0 Å². The number of sulfone groups is 1. The van der Waals surface area contributed by atoms with Crippen LogP contribution in [0.1, 0.15) is 26.3 Å². The van der Waals surface area contributed by atoms with Gasteiger partial charge in [0.05, 0.1) is 11.0 Å². The Hall–Kier alpha value is -1.03. The summed E-state index contributed by atoms with van der Waals surface area (Å²) in [6.45, 7) is 5.60. The van der Waals surface area contributed by atoms with E-state index in [4.69, 9.17) is 5.73 Å². The maximum Gasteiger partial charge on any atom is 0.157 e. The van der Waals surface area contributed by atoms with Crippen LogP contribution in [0.2, 0.25) is 0 Å². The molecule has 0 amide bonds. The molecule has 0 aliphatic rings. The predicted octanol–water partition coefficient (Wildman–Crippen LogP) is 2.23. The highest BCUT2D eigenvalue weighted by molar-refractivity contribution is 7.91. The second-order valence-electron chi connectivity index (χ2n) is 4.50. The highest BCUT2D eigenvalue weighted by Gasteiger charge is 2.23. The molecule has 1 aromatic carbocycles. The third-order valence-corrected chi connectivity index (χ3v) is 5.27. The zero-order valence-corrected chi connectivity index (χ0v) is 10.8. The molecule has 0 aliphatic carbocycles. The summed E-state index contributed by atoms with van der Waals surface area (Å²) in [5, 5.41) is -0.315. The first-order valence-electron chi connectivity index (χ1n) is 5.39. The fourth-order valence-corrected chi connectivity index (χ4v) is 3.14. The number of hydrogen-bond donors (Lipinski definition) is 1. The lowest BCUT2D eigenvalue weighted by atomic mass is 10.2. The number of anilines is 1. The molecule has 0 spiro atoms. The summed E-state index contributed by atoms with van der Waals surface area (Å²) in [6, 6.07) is 6.98. The third kappa shape index (κ3) is 3.23. The molecule has 0 saturated carbocycles. The number of hydrogen-bond acceptors (Lipinski definition) is 3. The second-order valence-corrected chi connectivity index (χ2v) is 6.86. The van der Waals surface area contributed by atoms with Gasteiger partial charge < -0.3 is 5.73 Å². The van der Waals surface area contributed by atoms with E-state index >= 15 is 0 Å². The van der Waals surface area contributed by atoms with Gasteiger partial charge >= 0.3 is 0 Å². The van der Waals surface area contributed by atoms with Crippen LogP contribution in [0.4, 0.5) is 5.69 Å². The molecular formula is C12H19NO2S. The van der Waals surface area contributed by atoms with Gasteiger partial charge in [-0.1, -0.05) is 26.0 Å². The fraction of sp³-hybridized carbons (Fsp3) is 0.500. The molecule has 0 heterocycles. The Balaban J connectivity index is 2.85. The summed E-state index contributed by atoms with van der Waals surface area (Å²) >= 11 is 0. The van der Waals surface area contributed by atoms with Crippen LogP contribution in [0.15, 0.2) is 24.3 Å². The summed E-state index contributed by atoms with van der Waals surface area (Å²) in [6.07, 6.45) is 0. The van der Waals surface area contributed by atoms with E-state index in [2.05, 4.69) is 0 Å². The van der Waals surface area contributed by atoms with Crippen LogP contribution < -0.4 is 5.73 Å². The standard InChI is InChI=1S/C12H19NO2S/c1-9(2)10(3)16(14,15)8-11-4-6-12(13)7-5-11/h4-7,9-10H,8,13H2,1-3H3. The molecule has 90 valence electrons. The van der Waals surface area contributed by atoms with Gasteiger partial charge in [-0.25, -0.2) is 8.42 Å². The van der Waals surface area contributed by atoms with Gasteiger partial charge in [-0.3, -0.25) is 0 Å². The van der Waals surface area contributed by atoms with E-state index in [9.17, 15) is 8.42 Å². The quantitative estimate of drug-likeness (QED) is 0.822. The van der Waals surface area contributed by atoms with Crippen molar-refractivity contribution in [2.45, 2.75) is 31.8 Å². The van der Waals surface area contributed by atoms with Gasteiger partial charge in [0.2, 0.25) is 0 Å². The van der Waals surface area contributed by atoms with E-state index in [-0.39, 0.29) is 16.9 Å². The third-order valence-electron chi connectivity index (χ3n) is 2.85. The lowest BCUT2D eigenvalue weighted by Gasteiger charge is -2.16. The van der Waals surface area contributed by atoms with Gasteiger partial charge in [0.25, 0.3) is 0 Å². The first-order chi connectivity index (χ1) is 7.33. The van der Waals surface area contributed by atoms with Crippen molar-refractivity contribution in [3.63, 3.8) is 0 Å². The molecule has 3 nitrogen and oxygen atoms in total. The van der Waals surface area contributed by atoms with Gasteiger partial charge in [-0.2, -0.15) is 0 Å². The molecule has 1 unspecified atom stereocenters. The normalized spacial score (nSPS) is 14.0. The number of nitrogen functional groups attached to an aromatic ring is 1. The van der Waals surface area contributed by atoms with Crippen molar-refractivity contribution in [2.75, 3.05) is 5.73 Å². The van der Waals surface area contributed by atoms with Crippen molar-refractivity contribution in [1.29, 1.82) is 0 Å². The Kier molecular flexibility index (Phi) is 3.97. The summed E-state index contributed by atoms with van der Waals surface area (Å²) in [5.41, 5.74) is 6.99. The molecule has 0 fully saturated rings. The maximum atomic E-state index is 12.0. The Bertz CT molecular complexity index is 435. The summed E-state index contributed by atoms with van der Waals surface area (Å²) in [4.78, 5) is 0. The minimum atomic E-state index is -3.07. The first kappa shape index (κ1) is 13.0. The van der Waals surface area contributed by atoms with Crippen LogP contribution in [0.3, 0.4) is 0 Å². The van der Waals surface area contributed by atoms with Crippen molar-refractivity contribution in [1.82, 2.24) is 0 Å². The zero-order chi connectivity index (χ0) is 12.3. The van der Waals surface area contributed by atoms with Crippen molar-refractivity contribution in [2.24, 2.45) is 5.92 Å². The van der Waals surface area contributed by atoms with E-state index < -0.39 is 9.84 Å². The van der Waals surface area contributed by atoms with Crippen LogP contribution in [0, 0.1) is 5.92 Å². The van der Waals surface area contributed by atoms with Crippen LogP contribution in [0.25, 0.3) is 0 Å². The first-order valence-corrected chi connectivity index (χ1v) is 7.10. The molecule has 0 bridgehead atoms. The van der Waals surface area contributed by atoms with Gasteiger partial charge in [0.15, 0.2) is 9.84 Å². The molecule has 0 radical (unpaired) electrons. The Labute approximate surface area is 97.6 Å². The molecule has 0 aliphatic heterocycles. The summed E-state index contributed by atoms with van der Waals surface area (Å²) in [5.74, 6) is 0.228. The van der Waals surface area contributed by atoms with Gasteiger partial charge in [0, 0.05) is 5.69 Å². The second kappa shape index (κ2) is 4.87. The number of benzene rings is 1. The average Bonchev–Trinajstić information content (AvgIpc) is 2.20. The monoisotopic (exact) mass is 241 g/mol. The topological polar surface area (TPSA) is 60.2 Å². The molecule has 0 saturated heterocycles. The van der Waals surface area contributed by atoms with Crippen LogP contribution in [-0.4, -0.2) is 13.7 Å². The SMILES string of the molecule is CC(C)C(C)S(=O)(=O)Cc1ccc(N)cc1. The Morgan fingerprint density at radius 3 is 2.06 bits per heavy atom. The minimum absolute atomic E-state index is 0.0899. The molecule has 1 aromatic rings. The van der Waals surface area contributed by atoms with E-state index in [0.29, 0.717) is 5.69 Å². The highest BCUT2D eigenvalue weighted by atomic mass is 32.2. The molecule has 4 heteroatoms. The Morgan fingerprint density at radius 1 is 1.12 bits per heavy atom.